The van der Waals surface area contributed by atoms with E-state index in [1.54, 1.807) is 25.3 Å². The van der Waals surface area contributed by atoms with E-state index in [0.29, 0.717) is 22.0 Å². The Morgan fingerprint density at radius 2 is 2.15 bits per heavy atom. The molecule has 1 amide bonds. The maximum Gasteiger partial charge on any atom is 0.236 e. The van der Waals surface area contributed by atoms with Crippen molar-refractivity contribution in [2.24, 2.45) is 0 Å². The molecule has 3 aromatic rings. The number of methoxy groups -OCH3 is 1. The minimum absolute atomic E-state index is 0.0715. The highest BCUT2D eigenvalue weighted by molar-refractivity contribution is 7.99. The second kappa shape index (κ2) is 8.53. The van der Waals surface area contributed by atoms with Gasteiger partial charge in [-0.15, -0.1) is 22.0 Å². The molecule has 0 saturated heterocycles. The molecule has 0 unspecified atom stereocenters. The van der Waals surface area contributed by atoms with E-state index in [0.717, 1.165) is 16.2 Å². The maximum absolute atomic E-state index is 12.3. The fraction of sp³-hybridized carbons (Fsp3) is 0.333. The van der Waals surface area contributed by atoms with Crippen LogP contribution in [0.2, 0.25) is 0 Å². The SMILES string of the molecule is COc1ccc2[nH]c(CSCC(=O)Nc3nnc(C(C)C)s3)cc(=O)c2c1. The Kier molecular flexibility index (Phi) is 6.12. The molecule has 0 bridgehead atoms. The van der Waals surface area contributed by atoms with Crippen LogP contribution in [0.5, 0.6) is 5.75 Å². The van der Waals surface area contributed by atoms with Crippen LogP contribution < -0.4 is 15.5 Å². The first-order valence-corrected chi connectivity index (χ1v) is 10.3. The summed E-state index contributed by atoms with van der Waals surface area (Å²) in [4.78, 5) is 27.6. The second-order valence-electron chi connectivity index (χ2n) is 6.21. The monoisotopic (exact) mass is 404 g/mol. The molecule has 0 saturated carbocycles. The highest BCUT2D eigenvalue weighted by Crippen LogP contribution is 2.23. The number of hydrogen-bond donors (Lipinski definition) is 2. The summed E-state index contributed by atoms with van der Waals surface area (Å²) in [6, 6.07) is 6.90. The third-order valence-corrected chi connectivity index (χ3v) is 5.89. The molecule has 2 N–H and O–H groups in total. The van der Waals surface area contributed by atoms with Gasteiger partial charge in [0.2, 0.25) is 11.0 Å². The molecule has 0 fully saturated rings. The topological polar surface area (TPSA) is 97.0 Å². The minimum atomic E-state index is -0.140. The summed E-state index contributed by atoms with van der Waals surface area (Å²) in [7, 11) is 1.57. The van der Waals surface area contributed by atoms with Crippen LogP contribution in [-0.2, 0) is 10.5 Å². The fourth-order valence-corrected chi connectivity index (χ4v) is 3.91. The van der Waals surface area contributed by atoms with E-state index in [4.69, 9.17) is 4.74 Å². The Morgan fingerprint density at radius 3 is 2.85 bits per heavy atom. The van der Waals surface area contributed by atoms with Crippen molar-refractivity contribution in [3.05, 3.63) is 45.2 Å². The van der Waals surface area contributed by atoms with Gasteiger partial charge in [-0.1, -0.05) is 25.2 Å². The highest BCUT2D eigenvalue weighted by Gasteiger charge is 2.11. The van der Waals surface area contributed by atoms with Crippen LogP contribution in [0.3, 0.4) is 0 Å². The van der Waals surface area contributed by atoms with E-state index < -0.39 is 0 Å². The summed E-state index contributed by atoms with van der Waals surface area (Å²) >= 11 is 2.81. The lowest BCUT2D eigenvalue weighted by Crippen LogP contribution is -2.14. The summed E-state index contributed by atoms with van der Waals surface area (Å²) in [5.74, 6) is 1.58. The van der Waals surface area contributed by atoms with E-state index in [-0.39, 0.29) is 23.0 Å². The van der Waals surface area contributed by atoms with Crippen molar-refractivity contribution in [2.45, 2.75) is 25.5 Å². The number of aromatic amines is 1. The van der Waals surface area contributed by atoms with Crippen molar-refractivity contribution in [1.29, 1.82) is 0 Å². The molecule has 0 spiro atoms. The van der Waals surface area contributed by atoms with Crippen molar-refractivity contribution in [2.75, 3.05) is 18.2 Å². The molecule has 2 heterocycles. The summed E-state index contributed by atoms with van der Waals surface area (Å²) in [6.07, 6.45) is 0. The Balaban J connectivity index is 1.58. The second-order valence-corrected chi connectivity index (χ2v) is 8.21. The quantitative estimate of drug-likeness (QED) is 0.627. The van der Waals surface area contributed by atoms with Crippen LogP contribution >= 0.6 is 23.1 Å². The average molecular weight is 405 g/mol. The maximum atomic E-state index is 12.3. The Bertz CT molecular complexity index is 1010. The van der Waals surface area contributed by atoms with Crippen LogP contribution in [0.15, 0.2) is 29.1 Å². The zero-order valence-corrected chi connectivity index (χ0v) is 16.9. The van der Waals surface area contributed by atoms with Gasteiger partial charge in [0.05, 0.1) is 12.9 Å². The normalized spacial score (nSPS) is 11.1. The number of benzene rings is 1. The van der Waals surface area contributed by atoms with Crippen molar-refractivity contribution in [3.63, 3.8) is 0 Å². The molecule has 2 aromatic heterocycles. The number of thioether (sulfide) groups is 1. The lowest BCUT2D eigenvalue weighted by atomic mass is 10.2. The lowest BCUT2D eigenvalue weighted by Gasteiger charge is -2.06. The number of rotatable bonds is 7. The number of aromatic nitrogens is 3. The Morgan fingerprint density at radius 1 is 1.33 bits per heavy atom. The molecule has 0 atom stereocenters. The molecular formula is C18H20N4O3S2. The molecule has 0 aliphatic heterocycles. The number of carbonyl (C=O) groups is 1. The van der Waals surface area contributed by atoms with Crippen LogP contribution in [0, 0.1) is 0 Å². The molecule has 142 valence electrons. The van der Waals surface area contributed by atoms with Crippen LogP contribution in [0.1, 0.15) is 30.5 Å². The number of carbonyl (C=O) groups excluding carboxylic acids is 1. The predicted octanol–water partition coefficient (Wildman–Crippen LogP) is 3.38. The first kappa shape index (κ1) is 19.4. The molecule has 7 nitrogen and oxygen atoms in total. The van der Waals surface area contributed by atoms with Crippen molar-refractivity contribution in [3.8, 4) is 5.75 Å². The smallest absolute Gasteiger partial charge is 0.236 e. The first-order chi connectivity index (χ1) is 13.0. The van der Waals surface area contributed by atoms with Gasteiger partial charge in [0, 0.05) is 34.3 Å². The first-order valence-electron chi connectivity index (χ1n) is 8.37. The van der Waals surface area contributed by atoms with Crippen LogP contribution in [0.4, 0.5) is 5.13 Å². The van der Waals surface area contributed by atoms with Gasteiger partial charge >= 0.3 is 0 Å². The van der Waals surface area contributed by atoms with Crippen molar-refractivity contribution in [1.82, 2.24) is 15.2 Å². The third kappa shape index (κ3) is 4.86. The number of pyridine rings is 1. The lowest BCUT2D eigenvalue weighted by molar-refractivity contribution is -0.113. The van der Waals surface area contributed by atoms with Gasteiger partial charge in [-0.05, 0) is 18.2 Å². The van der Waals surface area contributed by atoms with E-state index in [1.807, 2.05) is 19.9 Å². The summed E-state index contributed by atoms with van der Waals surface area (Å²) in [5.41, 5.74) is 1.45. The van der Waals surface area contributed by atoms with Gasteiger partial charge in [-0.3, -0.25) is 14.9 Å². The summed E-state index contributed by atoms with van der Waals surface area (Å²) in [6.45, 7) is 4.06. The van der Waals surface area contributed by atoms with Gasteiger partial charge in [0.25, 0.3) is 0 Å². The van der Waals surface area contributed by atoms with E-state index >= 15 is 0 Å². The number of hydrogen-bond acceptors (Lipinski definition) is 7. The standard InChI is InChI=1S/C18H20N4O3S2/c1-10(2)17-21-22-18(27-17)20-16(24)9-26-8-11-6-15(23)13-7-12(25-3)4-5-14(13)19-11/h4-7,10H,8-9H2,1-3H3,(H,19,23)(H,20,22,24). The van der Waals surface area contributed by atoms with E-state index in [1.165, 1.54) is 23.1 Å². The van der Waals surface area contributed by atoms with Gasteiger partial charge in [-0.2, -0.15) is 0 Å². The predicted molar refractivity (Wildman–Crippen MR) is 110 cm³/mol. The van der Waals surface area contributed by atoms with Gasteiger partial charge in [-0.25, -0.2) is 0 Å². The fourth-order valence-electron chi connectivity index (χ4n) is 2.41. The Hall–Kier alpha value is -2.39. The molecule has 0 radical (unpaired) electrons. The molecule has 1 aromatic carbocycles. The number of H-pyrrole nitrogens is 1. The average Bonchev–Trinajstić information content (AvgIpc) is 3.10. The van der Waals surface area contributed by atoms with E-state index in [9.17, 15) is 9.59 Å². The van der Waals surface area contributed by atoms with Crippen molar-refractivity contribution >= 4 is 45.0 Å². The van der Waals surface area contributed by atoms with E-state index in [2.05, 4.69) is 20.5 Å². The highest BCUT2D eigenvalue weighted by atomic mass is 32.2. The number of amides is 1. The molecule has 3 rings (SSSR count). The number of ether oxygens (including phenoxy) is 1. The summed E-state index contributed by atoms with van der Waals surface area (Å²) in [5, 5.41) is 12.8. The van der Waals surface area contributed by atoms with Gasteiger partial charge < -0.3 is 9.72 Å². The number of nitrogens with zero attached hydrogens (tertiary/aromatic N) is 2. The Labute approximate surface area is 164 Å². The number of anilines is 1. The third-order valence-electron chi connectivity index (χ3n) is 3.76. The van der Waals surface area contributed by atoms with Gasteiger partial charge in [0.15, 0.2) is 5.43 Å². The number of fused-ring (bicyclic) bond motifs is 1. The molecule has 0 aliphatic carbocycles. The minimum Gasteiger partial charge on any atom is -0.497 e. The van der Waals surface area contributed by atoms with Crippen LogP contribution in [-0.4, -0.2) is 34.0 Å². The molecular weight excluding hydrogens is 384 g/mol. The molecule has 0 aliphatic rings. The summed E-state index contributed by atoms with van der Waals surface area (Å²) < 4.78 is 5.15. The zero-order valence-electron chi connectivity index (χ0n) is 15.2. The molecule has 27 heavy (non-hydrogen) atoms. The van der Waals surface area contributed by atoms with Gasteiger partial charge in [0.1, 0.15) is 10.8 Å². The zero-order chi connectivity index (χ0) is 19.4. The van der Waals surface area contributed by atoms with Crippen molar-refractivity contribution < 1.29 is 9.53 Å². The van der Waals surface area contributed by atoms with Crippen LogP contribution in [0.25, 0.3) is 10.9 Å². The number of nitrogens with one attached hydrogen (secondary N) is 2. The largest absolute Gasteiger partial charge is 0.497 e. The molecule has 9 heteroatoms.